The number of hydrogen-bond donors (Lipinski definition) is 2. The molecule has 2 aromatic heterocycles. The Morgan fingerprint density at radius 1 is 1.02 bits per heavy atom. The Hall–Kier alpha value is -4.60. The second kappa shape index (κ2) is 11.0. The Balaban J connectivity index is 1.26. The molecule has 0 bridgehead atoms. The number of hydrogen-bond acceptors (Lipinski definition) is 6. The molecule has 1 saturated heterocycles. The Kier molecular flexibility index (Phi) is 7.22. The fraction of sp³-hybridized carbons (Fsp3) is 0.375. The van der Waals surface area contributed by atoms with Crippen molar-refractivity contribution in [3.63, 3.8) is 0 Å². The third kappa shape index (κ3) is 5.48. The van der Waals surface area contributed by atoms with Gasteiger partial charge in [0.25, 0.3) is 11.9 Å². The monoisotopic (exact) mass is 564 g/mol. The van der Waals surface area contributed by atoms with Crippen LogP contribution in [0.25, 0.3) is 11.1 Å². The zero-order chi connectivity index (χ0) is 29.3. The third-order valence-electron chi connectivity index (χ3n) is 8.93. The Bertz CT molecular complexity index is 1540. The number of urea groups is 1. The van der Waals surface area contributed by atoms with Crippen LogP contribution in [-0.2, 0) is 6.54 Å². The number of amides is 3. The van der Waals surface area contributed by atoms with Crippen LogP contribution in [0.5, 0.6) is 0 Å². The lowest BCUT2D eigenvalue weighted by atomic mass is 9.67. The molecular weight excluding hydrogens is 528 g/mol. The normalized spacial score (nSPS) is 20.7. The average molecular weight is 565 g/mol. The minimum absolute atomic E-state index is 0.0232. The molecule has 3 amide bonds. The van der Waals surface area contributed by atoms with Crippen molar-refractivity contribution in [3.8, 4) is 11.1 Å². The summed E-state index contributed by atoms with van der Waals surface area (Å²) in [7, 11) is 0. The van der Waals surface area contributed by atoms with Crippen LogP contribution in [0.1, 0.15) is 62.4 Å². The summed E-state index contributed by atoms with van der Waals surface area (Å²) in [5.41, 5.74) is 4.48. The van der Waals surface area contributed by atoms with Crippen molar-refractivity contribution in [3.05, 3.63) is 84.2 Å². The van der Waals surface area contributed by atoms with Crippen molar-refractivity contribution in [1.29, 1.82) is 0 Å². The molecule has 0 atom stereocenters. The highest BCUT2D eigenvalue weighted by Gasteiger charge is 2.52. The Morgan fingerprint density at radius 3 is 2.43 bits per heavy atom. The highest BCUT2D eigenvalue weighted by Crippen LogP contribution is 2.47. The van der Waals surface area contributed by atoms with Gasteiger partial charge in [0, 0.05) is 30.2 Å². The molecule has 2 aliphatic rings. The number of aromatic amines is 1. The maximum atomic E-state index is 14.2. The predicted octanol–water partition coefficient (Wildman–Crippen LogP) is 5.93. The number of nitrogens with one attached hydrogen (secondary N) is 2. The van der Waals surface area contributed by atoms with Crippen LogP contribution in [-0.4, -0.2) is 54.5 Å². The number of anilines is 2. The van der Waals surface area contributed by atoms with Crippen molar-refractivity contribution in [2.75, 3.05) is 16.8 Å². The maximum Gasteiger partial charge on any atom is 0.325 e. The third-order valence-corrected chi connectivity index (χ3v) is 8.93. The number of tetrazole rings is 1. The number of nitrogens with zero attached hydrogens (tertiary/aromatic N) is 6. The predicted molar refractivity (Wildman–Crippen MR) is 161 cm³/mol. The molecule has 1 aliphatic heterocycles. The standard InChI is InChI=1S/C32H36N8O2/c1-31(2,3)26-11-15-32(16-12-26)21-39(27-6-4-5-25(19-27)23-13-17-33-18-14-23)30(42)40(32)20-22-7-9-24(10-8-22)28(41)34-29-35-37-38-36-29/h4-10,13-14,17-19,26H,11-12,15-16,20-21H2,1-3H3,(H2,34,35,36,37,38,41). The van der Waals surface area contributed by atoms with Crippen LogP contribution >= 0.6 is 0 Å². The fourth-order valence-electron chi connectivity index (χ4n) is 6.41. The van der Waals surface area contributed by atoms with Crippen LogP contribution in [0.3, 0.4) is 0 Å². The van der Waals surface area contributed by atoms with Crippen LogP contribution in [0.4, 0.5) is 16.4 Å². The largest absolute Gasteiger partial charge is 0.325 e. The topological polar surface area (TPSA) is 120 Å². The van der Waals surface area contributed by atoms with Crippen molar-refractivity contribution < 1.29 is 9.59 Å². The summed E-state index contributed by atoms with van der Waals surface area (Å²) in [6, 6.07) is 19.6. The molecule has 3 heterocycles. The molecule has 42 heavy (non-hydrogen) atoms. The molecular formula is C32H36N8O2. The SMILES string of the molecule is CC(C)(C)C1CCC2(CC1)CN(c1cccc(-c3ccncc3)c1)C(=O)N2Cc1ccc(C(=O)Nc2nn[nH]n2)cc1. The van der Waals surface area contributed by atoms with E-state index in [1.54, 1.807) is 24.5 Å². The molecule has 0 radical (unpaired) electrons. The number of carbonyl (C=O) groups excluding carboxylic acids is 2. The summed E-state index contributed by atoms with van der Waals surface area (Å²) in [6.45, 7) is 8.10. The van der Waals surface area contributed by atoms with Crippen molar-refractivity contribution in [2.24, 2.45) is 11.3 Å². The fourth-order valence-corrected chi connectivity index (χ4v) is 6.41. The molecule has 10 nitrogen and oxygen atoms in total. The minimum atomic E-state index is -0.322. The van der Waals surface area contributed by atoms with Gasteiger partial charge < -0.3 is 4.90 Å². The van der Waals surface area contributed by atoms with Crippen LogP contribution in [0, 0.1) is 11.3 Å². The van der Waals surface area contributed by atoms with E-state index in [4.69, 9.17) is 0 Å². The van der Waals surface area contributed by atoms with E-state index in [9.17, 15) is 9.59 Å². The summed E-state index contributed by atoms with van der Waals surface area (Å²) in [5.74, 6) is 0.422. The van der Waals surface area contributed by atoms with E-state index >= 15 is 0 Å². The number of pyridine rings is 1. The van der Waals surface area contributed by atoms with Gasteiger partial charge in [-0.1, -0.05) is 50.1 Å². The van der Waals surface area contributed by atoms with E-state index in [1.165, 1.54) is 0 Å². The molecule has 1 saturated carbocycles. The molecule has 10 heteroatoms. The van der Waals surface area contributed by atoms with Gasteiger partial charge in [-0.15, -0.1) is 5.10 Å². The number of benzene rings is 2. The summed E-state index contributed by atoms with van der Waals surface area (Å²) in [4.78, 5) is 35.0. The summed E-state index contributed by atoms with van der Waals surface area (Å²) >= 11 is 0. The molecule has 216 valence electrons. The summed E-state index contributed by atoms with van der Waals surface area (Å²) in [5, 5.41) is 15.9. The van der Waals surface area contributed by atoms with E-state index < -0.39 is 0 Å². The molecule has 6 rings (SSSR count). The van der Waals surface area contributed by atoms with Gasteiger partial charge in [-0.3, -0.25) is 20.0 Å². The summed E-state index contributed by atoms with van der Waals surface area (Å²) < 4.78 is 0. The van der Waals surface area contributed by atoms with E-state index in [1.807, 2.05) is 41.3 Å². The van der Waals surface area contributed by atoms with Crippen LogP contribution in [0.2, 0.25) is 0 Å². The molecule has 1 aliphatic carbocycles. The zero-order valence-corrected chi connectivity index (χ0v) is 24.2. The van der Waals surface area contributed by atoms with Crippen molar-refractivity contribution >= 4 is 23.6 Å². The lowest BCUT2D eigenvalue weighted by Crippen LogP contribution is -2.50. The Morgan fingerprint density at radius 2 is 1.76 bits per heavy atom. The first-order valence-electron chi connectivity index (χ1n) is 14.5. The van der Waals surface area contributed by atoms with Gasteiger partial charge in [0.2, 0.25) is 0 Å². The van der Waals surface area contributed by atoms with Crippen molar-refractivity contribution in [2.45, 2.75) is 58.5 Å². The molecule has 1 spiro atoms. The van der Waals surface area contributed by atoms with E-state index in [2.05, 4.69) is 68.7 Å². The summed E-state index contributed by atoms with van der Waals surface area (Å²) in [6.07, 6.45) is 7.68. The smallest absolute Gasteiger partial charge is 0.313 e. The Labute approximate surface area is 245 Å². The number of carbonyl (C=O) groups is 2. The van der Waals surface area contributed by atoms with Crippen molar-refractivity contribution in [1.82, 2.24) is 30.5 Å². The van der Waals surface area contributed by atoms with E-state index in [0.29, 0.717) is 24.6 Å². The molecule has 2 aromatic carbocycles. The lowest BCUT2D eigenvalue weighted by molar-refractivity contribution is 0.0631. The van der Waals surface area contributed by atoms with Crippen LogP contribution in [0.15, 0.2) is 73.1 Å². The number of aromatic nitrogens is 5. The van der Waals surface area contributed by atoms with Crippen LogP contribution < -0.4 is 10.2 Å². The van der Waals surface area contributed by atoms with Gasteiger partial charge in [-0.2, -0.15) is 5.21 Å². The molecule has 0 unspecified atom stereocenters. The van der Waals surface area contributed by atoms with E-state index in [-0.39, 0.29) is 28.8 Å². The molecule has 2 N–H and O–H groups in total. The number of rotatable bonds is 6. The van der Waals surface area contributed by atoms with Gasteiger partial charge >= 0.3 is 6.03 Å². The highest BCUT2D eigenvalue weighted by molar-refractivity contribution is 6.03. The maximum absolute atomic E-state index is 14.2. The first-order valence-corrected chi connectivity index (χ1v) is 14.5. The first-order chi connectivity index (χ1) is 20.2. The number of H-pyrrole nitrogens is 1. The van der Waals surface area contributed by atoms with E-state index in [0.717, 1.165) is 48.1 Å². The lowest BCUT2D eigenvalue weighted by Gasteiger charge is -2.45. The van der Waals surface area contributed by atoms with Gasteiger partial charge in [0.05, 0.1) is 12.1 Å². The van der Waals surface area contributed by atoms with Gasteiger partial charge in [0.15, 0.2) is 0 Å². The first kappa shape index (κ1) is 27.6. The molecule has 2 fully saturated rings. The minimum Gasteiger partial charge on any atom is -0.313 e. The highest BCUT2D eigenvalue weighted by atomic mass is 16.2. The molecule has 4 aromatic rings. The zero-order valence-electron chi connectivity index (χ0n) is 24.2. The van der Waals surface area contributed by atoms with Gasteiger partial charge in [-0.25, -0.2) is 4.79 Å². The second-order valence-corrected chi connectivity index (χ2v) is 12.5. The quantitative estimate of drug-likeness (QED) is 0.299. The van der Waals surface area contributed by atoms with Gasteiger partial charge in [-0.05, 0) is 95.3 Å². The average Bonchev–Trinajstić information content (AvgIpc) is 3.60. The van der Waals surface area contributed by atoms with Gasteiger partial charge in [0.1, 0.15) is 0 Å². The second-order valence-electron chi connectivity index (χ2n) is 12.5.